The topological polar surface area (TPSA) is 81.4 Å². The first-order valence-electron chi connectivity index (χ1n) is 6.11. The maximum Gasteiger partial charge on any atom is 0.262 e. The number of anilines is 1. The molecule has 0 bridgehead atoms. The third kappa shape index (κ3) is 3.50. The lowest BCUT2D eigenvalue weighted by molar-refractivity contribution is 0.415. The Hall–Kier alpha value is -2.12. The first-order valence-corrected chi connectivity index (χ1v) is 7.60. The van der Waals surface area contributed by atoms with Crippen LogP contribution in [-0.2, 0) is 16.6 Å². The van der Waals surface area contributed by atoms with Gasteiger partial charge in [0.25, 0.3) is 10.0 Å². The molecule has 0 atom stereocenters. The molecule has 3 N–H and O–H groups in total. The monoisotopic (exact) mass is 310 g/mol. The van der Waals surface area contributed by atoms with Crippen molar-refractivity contribution in [2.45, 2.75) is 11.4 Å². The third-order valence-corrected chi connectivity index (χ3v) is 4.32. The summed E-state index contributed by atoms with van der Waals surface area (Å²) in [5, 5.41) is 0. The molecular weight excluding hydrogens is 295 g/mol. The smallest absolute Gasteiger partial charge is 0.262 e. The van der Waals surface area contributed by atoms with Gasteiger partial charge in [0, 0.05) is 12.6 Å². The van der Waals surface area contributed by atoms with Gasteiger partial charge < -0.3 is 10.5 Å². The minimum atomic E-state index is -3.93. The van der Waals surface area contributed by atoms with E-state index in [-0.39, 0.29) is 11.4 Å². The van der Waals surface area contributed by atoms with E-state index in [0.29, 0.717) is 17.0 Å². The van der Waals surface area contributed by atoms with E-state index in [4.69, 9.17) is 10.5 Å². The van der Waals surface area contributed by atoms with Crippen LogP contribution in [-0.4, -0.2) is 15.5 Å². The summed E-state index contributed by atoms with van der Waals surface area (Å²) >= 11 is 0. The van der Waals surface area contributed by atoms with Gasteiger partial charge in [-0.3, -0.25) is 4.72 Å². The van der Waals surface area contributed by atoms with Gasteiger partial charge in [0.1, 0.15) is 11.6 Å². The molecule has 0 amide bonds. The van der Waals surface area contributed by atoms with E-state index in [1.165, 1.54) is 25.3 Å². The predicted octanol–water partition coefficient (Wildman–Crippen LogP) is 2.09. The zero-order chi connectivity index (χ0) is 15.5. The number of ether oxygens (including phenoxy) is 1. The Morgan fingerprint density at radius 1 is 1.24 bits per heavy atom. The van der Waals surface area contributed by atoms with Gasteiger partial charge >= 0.3 is 0 Å². The van der Waals surface area contributed by atoms with Crippen LogP contribution in [0.3, 0.4) is 0 Å². The highest BCUT2D eigenvalue weighted by Gasteiger charge is 2.19. The van der Waals surface area contributed by atoms with Gasteiger partial charge in [-0.1, -0.05) is 12.1 Å². The summed E-state index contributed by atoms with van der Waals surface area (Å²) in [6, 6.07) is 9.91. The minimum absolute atomic E-state index is 0.00532. The number of benzene rings is 2. The normalized spacial score (nSPS) is 11.2. The minimum Gasteiger partial charge on any atom is -0.497 e. The molecule has 7 heteroatoms. The maximum atomic E-state index is 13.3. The molecule has 0 radical (unpaired) electrons. The van der Waals surface area contributed by atoms with Crippen molar-refractivity contribution < 1.29 is 17.5 Å². The highest BCUT2D eigenvalue weighted by molar-refractivity contribution is 7.92. The molecule has 0 unspecified atom stereocenters. The molecule has 0 fully saturated rings. The summed E-state index contributed by atoms with van der Waals surface area (Å²) in [4.78, 5) is -0.173. The average Bonchev–Trinajstić information content (AvgIpc) is 2.47. The molecule has 0 saturated heterocycles. The first kappa shape index (κ1) is 15.3. The van der Waals surface area contributed by atoms with Crippen LogP contribution in [0, 0.1) is 5.82 Å². The fourth-order valence-electron chi connectivity index (χ4n) is 1.84. The molecule has 0 heterocycles. The standard InChI is InChI=1S/C14H15FN2O3S/c1-20-13-4-2-3-12(8-13)17-21(18,19)14-7-11(15)6-5-10(14)9-16/h2-8,17H,9,16H2,1H3. The molecule has 2 aromatic rings. The second-order valence-electron chi connectivity index (χ2n) is 4.29. The lowest BCUT2D eigenvalue weighted by Crippen LogP contribution is -2.16. The van der Waals surface area contributed by atoms with Gasteiger partial charge in [-0.2, -0.15) is 0 Å². The Labute approximate surface area is 122 Å². The van der Waals surface area contributed by atoms with E-state index in [9.17, 15) is 12.8 Å². The molecule has 0 aliphatic heterocycles. The van der Waals surface area contributed by atoms with Crippen LogP contribution in [0.15, 0.2) is 47.4 Å². The van der Waals surface area contributed by atoms with Crippen molar-refractivity contribution in [3.63, 3.8) is 0 Å². The molecule has 2 aromatic carbocycles. The lowest BCUT2D eigenvalue weighted by atomic mass is 10.2. The van der Waals surface area contributed by atoms with Crippen LogP contribution in [0.25, 0.3) is 0 Å². The molecule has 2 rings (SSSR count). The molecule has 0 spiro atoms. The molecule has 0 aromatic heterocycles. The molecule has 0 saturated carbocycles. The molecule has 5 nitrogen and oxygen atoms in total. The van der Waals surface area contributed by atoms with Crippen molar-refractivity contribution in [2.75, 3.05) is 11.8 Å². The summed E-state index contributed by atoms with van der Waals surface area (Å²) in [5.74, 6) is -0.133. The van der Waals surface area contributed by atoms with E-state index in [0.717, 1.165) is 6.07 Å². The van der Waals surface area contributed by atoms with E-state index >= 15 is 0 Å². The van der Waals surface area contributed by atoms with Crippen LogP contribution >= 0.6 is 0 Å². The largest absolute Gasteiger partial charge is 0.497 e. The number of hydrogen-bond donors (Lipinski definition) is 2. The van der Waals surface area contributed by atoms with Gasteiger partial charge in [-0.15, -0.1) is 0 Å². The quantitative estimate of drug-likeness (QED) is 0.886. The molecular formula is C14H15FN2O3S. The zero-order valence-electron chi connectivity index (χ0n) is 11.3. The van der Waals surface area contributed by atoms with Crippen molar-refractivity contribution in [3.05, 3.63) is 53.8 Å². The van der Waals surface area contributed by atoms with E-state index < -0.39 is 15.8 Å². The van der Waals surface area contributed by atoms with Crippen molar-refractivity contribution in [3.8, 4) is 5.75 Å². The van der Waals surface area contributed by atoms with Crippen LogP contribution in [0.1, 0.15) is 5.56 Å². The number of halogens is 1. The Morgan fingerprint density at radius 2 is 2.00 bits per heavy atom. The second-order valence-corrected chi connectivity index (χ2v) is 5.94. The summed E-state index contributed by atoms with van der Waals surface area (Å²) in [7, 11) is -2.45. The number of rotatable bonds is 5. The predicted molar refractivity (Wildman–Crippen MR) is 78.1 cm³/mol. The number of nitrogens with one attached hydrogen (secondary N) is 1. The SMILES string of the molecule is COc1cccc(NS(=O)(=O)c2cc(F)ccc2CN)c1. The molecule has 112 valence electrons. The van der Waals surface area contributed by atoms with Gasteiger partial charge in [0.2, 0.25) is 0 Å². The Morgan fingerprint density at radius 3 is 2.67 bits per heavy atom. The zero-order valence-corrected chi connectivity index (χ0v) is 12.2. The fourth-order valence-corrected chi connectivity index (χ4v) is 3.16. The van der Waals surface area contributed by atoms with E-state index in [1.54, 1.807) is 18.2 Å². The average molecular weight is 310 g/mol. The van der Waals surface area contributed by atoms with Gasteiger partial charge in [-0.05, 0) is 29.8 Å². The summed E-state index contributed by atoms with van der Waals surface area (Å²) in [6.45, 7) is -0.00532. The van der Waals surface area contributed by atoms with Crippen LogP contribution in [0.5, 0.6) is 5.75 Å². The van der Waals surface area contributed by atoms with Gasteiger partial charge in [-0.25, -0.2) is 12.8 Å². The number of methoxy groups -OCH3 is 1. The lowest BCUT2D eigenvalue weighted by Gasteiger charge is -2.12. The Bertz CT molecular complexity index is 748. The van der Waals surface area contributed by atoms with Crippen LogP contribution in [0.4, 0.5) is 10.1 Å². The fraction of sp³-hybridized carbons (Fsp3) is 0.143. The highest BCUT2D eigenvalue weighted by atomic mass is 32.2. The summed E-state index contributed by atoms with van der Waals surface area (Å²) in [6.07, 6.45) is 0. The van der Waals surface area contributed by atoms with Gasteiger partial charge in [0.15, 0.2) is 0 Å². The second kappa shape index (κ2) is 6.11. The highest BCUT2D eigenvalue weighted by Crippen LogP contribution is 2.23. The third-order valence-electron chi connectivity index (χ3n) is 2.86. The molecule has 21 heavy (non-hydrogen) atoms. The number of hydrogen-bond acceptors (Lipinski definition) is 4. The first-order chi connectivity index (χ1) is 9.96. The molecule has 0 aliphatic carbocycles. The van der Waals surface area contributed by atoms with Crippen LogP contribution < -0.4 is 15.2 Å². The van der Waals surface area contributed by atoms with Crippen molar-refractivity contribution in [1.82, 2.24) is 0 Å². The molecule has 0 aliphatic rings. The number of nitrogens with two attached hydrogens (primary N) is 1. The Balaban J connectivity index is 2.40. The van der Waals surface area contributed by atoms with E-state index in [2.05, 4.69) is 4.72 Å². The van der Waals surface area contributed by atoms with E-state index in [1.807, 2.05) is 0 Å². The summed E-state index contributed by atoms with van der Waals surface area (Å²) < 4.78 is 45.4. The number of sulfonamides is 1. The Kier molecular flexibility index (Phi) is 4.44. The van der Waals surface area contributed by atoms with Gasteiger partial charge in [0.05, 0.1) is 17.7 Å². The summed E-state index contributed by atoms with van der Waals surface area (Å²) in [5.41, 5.74) is 6.16. The maximum absolute atomic E-state index is 13.3. The van der Waals surface area contributed by atoms with Crippen molar-refractivity contribution in [1.29, 1.82) is 0 Å². The van der Waals surface area contributed by atoms with Crippen molar-refractivity contribution >= 4 is 15.7 Å². The van der Waals surface area contributed by atoms with Crippen LogP contribution in [0.2, 0.25) is 0 Å². The van der Waals surface area contributed by atoms with Crippen molar-refractivity contribution in [2.24, 2.45) is 5.73 Å².